The number of nitrogens with zero attached hydrogens (tertiary/aromatic N) is 1. The Balaban J connectivity index is 1.80. The van der Waals surface area contributed by atoms with Gasteiger partial charge in [-0.2, -0.15) is 0 Å². The van der Waals surface area contributed by atoms with Crippen molar-refractivity contribution in [3.8, 4) is 0 Å². The molecule has 1 aliphatic rings. The Kier molecular flexibility index (Phi) is 7.87. The summed E-state index contributed by atoms with van der Waals surface area (Å²) < 4.78 is 0. The minimum Gasteiger partial charge on any atom is -0.316 e. The fraction of sp³-hybridized carbons (Fsp3) is 1.00. The van der Waals surface area contributed by atoms with E-state index in [9.17, 15) is 0 Å². The van der Waals surface area contributed by atoms with E-state index in [0.29, 0.717) is 0 Å². The number of piperidine rings is 1. The maximum Gasteiger partial charge on any atom is -0.00187 e. The fourth-order valence-electron chi connectivity index (χ4n) is 2.34. The second kappa shape index (κ2) is 9.00. The van der Waals surface area contributed by atoms with Crippen LogP contribution in [0.4, 0.5) is 0 Å². The minimum atomic E-state index is 0.786. The lowest BCUT2D eigenvalue weighted by molar-refractivity contribution is 0.224. The van der Waals surface area contributed by atoms with Crippen LogP contribution < -0.4 is 5.32 Å². The highest BCUT2D eigenvalue weighted by atomic mass is 15.1. The molecule has 0 radical (unpaired) electrons. The van der Waals surface area contributed by atoms with Gasteiger partial charge >= 0.3 is 0 Å². The predicted molar refractivity (Wildman–Crippen MR) is 71.8 cm³/mol. The lowest BCUT2D eigenvalue weighted by atomic mass is 10.1. The van der Waals surface area contributed by atoms with Crippen LogP contribution in [0.15, 0.2) is 0 Å². The Morgan fingerprint density at radius 2 is 1.75 bits per heavy atom. The monoisotopic (exact) mass is 226 g/mol. The molecule has 0 aromatic carbocycles. The van der Waals surface area contributed by atoms with Gasteiger partial charge in [-0.1, -0.05) is 26.7 Å². The van der Waals surface area contributed by atoms with Crippen molar-refractivity contribution in [3.05, 3.63) is 0 Å². The Morgan fingerprint density at radius 1 is 1.00 bits per heavy atom. The molecule has 2 nitrogen and oxygen atoms in total. The van der Waals surface area contributed by atoms with Crippen molar-refractivity contribution >= 4 is 0 Å². The number of hydrogen-bond acceptors (Lipinski definition) is 2. The molecule has 0 aliphatic carbocycles. The number of likely N-dealkylation sites (tertiary alicyclic amines) is 1. The van der Waals surface area contributed by atoms with E-state index in [1.54, 1.807) is 0 Å². The molecule has 0 unspecified atom stereocenters. The van der Waals surface area contributed by atoms with Crippen molar-refractivity contribution in [1.82, 2.24) is 10.2 Å². The molecular formula is C14H30N2. The topological polar surface area (TPSA) is 15.3 Å². The van der Waals surface area contributed by atoms with Crippen LogP contribution in [0.3, 0.4) is 0 Å². The maximum atomic E-state index is 3.51. The maximum absolute atomic E-state index is 3.51. The first-order valence-corrected chi connectivity index (χ1v) is 7.22. The summed E-state index contributed by atoms with van der Waals surface area (Å²) in [5, 5.41) is 3.51. The Hall–Kier alpha value is -0.0800. The summed E-state index contributed by atoms with van der Waals surface area (Å²) in [5.74, 6) is 0.786. The number of unbranched alkanes of at least 4 members (excludes halogenated alkanes) is 2. The summed E-state index contributed by atoms with van der Waals surface area (Å²) in [6, 6.07) is 0. The minimum absolute atomic E-state index is 0.786. The molecule has 0 aromatic rings. The first-order valence-electron chi connectivity index (χ1n) is 7.22. The van der Waals surface area contributed by atoms with Crippen molar-refractivity contribution in [2.24, 2.45) is 5.92 Å². The quantitative estimate of drug-likeness (QED) is 0.640. The van der Waals surface area contributed by atoms with Gasteiger partial charge in [-0.15, -0.1) is 0 Å². The third kappa shape index (κ3) is 7.24. The van der Waals surface area contributed by atoms with Crippen molar-refractivity contribution in [2.45, 2.75) is 52.4 Å². The summed E-state index contributed by atoms with van der Waals surface area (Å²) >= 11 is 0. The summed E-state index contributed by atoms with van der Waals surface area (Å²) in [6.07, 6.45) is 8.44. The van der Waals surface area contributed by atoms with Gasteiger partial charge in [0.15, 0.2) is 0 Å². The molecule has 0 saturated carbocycles. The van der Waals surface area contributed by atoms with Crippen molar-refractivity contribution in [1.29, 1.82) is 0 Å². The normalized spacial score (nSPS) is 18.2. The smallest absolute Gasteiger partial charge is 0.00187 e. The van der Waals surface area contributed by atoms with Crippen molar-refractivity contribution in [2.75, 3.05) is 32.7 Å². The van der Waals surface area contributed by atoms with Crippen LogP contribution in [0.1, 0.15) is 52.4 Å². The highest BCUT2D eigenvalue weighted by Gasteiger charge is 2.08. The van der Waals surface area contributed by atoms with Gasteiger partial charge in [0, 0.05) is 0 Å². The molecule has 1 saturated heterocycles. The molecule has 0 amide bonds. The van der Waals surface area contributed by atoms with Gasteiger partial charge in [0.2, 0.25) is 0 Å². The second-order valence-corrected chi connectivity index (χ2v) is 5.56. The lowest BCUT2D eigenvalue weighted by Gasteiger charge is -2.26. The van der Waals surface area contributed by atoms with Crippen LogP contribution in [0.25, 0.3) is 0 Å². The molecular weight excluding hydrogens is 196 g/mol. The molecule has 1 fully saturated rings. The van der Waals surface area contributed by atoms with Crippen LogP contribution in [0.2, 0.25) is 0 Å². The van der Waals surface area contributed by atoms with Crippen molar-refractivity contribution in [3.63, 3.8) is 0 Å². The number of nitrogens with one attached hydrogen (secondary N) is 1. The van der Waals surface area contributed by atoms with Gasteiger partial charge in [0.1, 0.15) is 0 Å². The van der Waals surface area contributed by atoms with Crippen LogP contribution in [0, 0.1) is 5.92 Å². The van der Waals surface area contributed by atoms with Gasteiger partial charge in [0.25, 0.3) is 0 Å². The van der Waals surface area contributed by atoms with E-state index in [1.807, 2.05) is 0 Å². The predicted octanol–water partition coefficient (Wildman–Crippen LogP) is 2.89. The lowest BCUT2D eigenvalue weighted by Crippen LogP contribution is -2.30. The first-order chi connectivity index (χ1) is 7.79. The highest BCUT2D eigenvalue weighted by molar-refractivity contribution is 4.64. The standard InChI is InChI=1S/C14H30N2/c1-14(2)13-15-9-5-3-6-10-16-11-7-4-8-12-16/h14-15H,3-13H2,1-2H3. The molecule has 0 spiro atoms. The Morgan fingerprint density at radius 3 is 2.44 bits per heavy atom. The molecule has 96 valence electrons. The zero-order valence-electron chi connectivity index (χ0n) is 11.3. The van der Waals surface area contributed by atoms with Gasteiger partial charge in [-0.25, -0.2) is 0 Å². The van der Waals surface area contributed by atoms with Crippen LogP contribution in [0.5, 0.6) is 0 Å². The molecule has 0 bridgehead atoms. The summed E-state index contributed by atoms with van der Waals surface area (Å²) in [4.78, 5) is 2.64. The third-order valence-corrected chi connectivity index (χ3v) is 3.33. The molecule has 1 N–H and O–H groups in total. The molecule has 0 aromatic heterocycles. The summed E-state index contributed by atoms with van der Waals surface area (Å²) in [7, 11) is 0. The second-order valence-electron chi connectivity index (χ2n) is 5.56. The largest absolute Gasteiger partial charge is 0.316 e. The fourth-order valence-corrected chi connectivity index (χ4v) is 2.34. The molecule has 1 aliphatic heterocycles. The van der Waals surface area contributed by atoms with Crippen LogP contribution in [-0.2, 0) is 0 Å². The third-order valence-electron chi connectivity index (χ3n) is 3.33. The molecule has 16 heavy (non-hydrogen) atoms. The Labute approximate surface area is 102 Å². The number of hydrogen-bond donors (Lipinski definition) is 1. The molecule has 2 heteroatoms. The van der Waals surface area contributed by atoms with E-state index < -0.39 is 0 Å². The van der Waals surface area contributed by atoms with Crippen LogP contribution in [-0.4, -0.2) is 37.6 Å². The zero-order chi connectivity index (χ0) is 11.6. The van der Waals surface area contributed by atoms with E-state index in [2.05, 4.69) is 24.1 Å². The van der Waals surface area contributed by atoms with E-state index in [0.717, 1.165) is 5.92 Å². The SMILES string of the molecule is CC(C)CNCCCCCN1CCCCC1. The van der Waals surface area contributed by atoms with E-state index >= 15 is 0 Å². The van der Waals surface area contributed by atoms with Gasteiger partial charge in [-0.3, -0.25) is 0 Å². The van der Waals surface area contributed by atoms with E-state index in [1.165, 1.54) is 71.2 Å². The van der Waals surface area contributed by atoms with Crippen molar-refractivity contribution < 1.29 is 0 Å². The first kappa shape index (κ1) is 14.0. The van der Waals surface area contributed by atoms with Gasteiger partial charge < -0.3 is 10.2 Å². The van der Waals surface area contributed by atoms with E-state index in [-0.39, 0.29) is 0 Å². The van der Waals surface area contributed by atoms with Gasteiger partial charge in [0.05, 0.1) is 0 Å². The molecule has 1 rings (SSSR count). The average molecular weight is 226 g/mol. The highest BCUT2D eigenvalue weighted by Crippen LogP contribution is 2.09. The van der Waals surface area contributed by atoms with E-state index in [4.69, 9.17) is 0 Å². The van der Waals surface area contributed by atoms with Gasteiger partial charge in [-0.05, 0) is 64.3 Å². The van der Waals surface area contributed by atoms with Crippen LogP contribution >= 0.6 is 0 Å². The Bertz CT molecular complexity index is 151. The number of rotatable bonds is 8. The molecule has 0 atom stereocenters. The molecule has 1 heterocycles. The zero-order valence-corrected chi connectivity index (χ0v) is 11.3. The summed E-state index contributed by atoms with van der Waals surface area (Å²) in [6.45, 7) is 11.0. The average Bonchev–Trinajstić information content (AvgIpc) is 2.29. The summed E-state index contributed by atoms with van der Waals surface area (Å²) in [5.41, 5.74) is 0.